The van der Waals surface area contributed by atoms with Crippen LogP contribution in [0, 0.1) is 5.92 Å². The van der Waals surface area contributed by atoms with E-state index >= 15 is 0 Å². The highest BCUT2D eigenvalue weighted by Crippen LogP contribution is 2.05. The molecule has 0 radical (unpaired) electrons. The van der Waals surface area contributed by atoms with Crippen molar-refractivity contribution in [3.63, 3.8) is 0 Å². The van der Waals surface area contributed by atoms with E-state index in [-0.39, 0.29) is 0 Å². The quantitative estimate of drug-likeness (QED) is 0.341. The number of hydrogen-bond acceptors (Lipinski definition) is 4. The Balaban J connectivity index is 1.78. The number of nitrogens with zero attached hydrogens (tertiary/aromatic N) is 1. The van der Waals surface area contributed by atoms with Crippen molar-refractivity contribution in [2.24, 2.45) is 10.9 Å². The first-order valence-corrected chi connectivity index (χ1v) is 7.58. The van der Waals surface area contributed by atoms with Gasteiger partial charge in [0.25, 0.3) is 0 Å². The molecule has 0 aromatic heterocycles. The molecule has 4 amide bonds. The summed E-state index contributed by atoms with van der Waals surface area (Å²) in [5.41, 5.74) is 0.464. The molecular weight excluding hydrogens is 272 g/mol. The van der Waals surface area contributed by atoms with E-state index in [0.29, 0.717) is 12.3 Å². The SMILES string of the molecule is CC(=NCCC[NH+]1CCCCC1)C1C(=O)NC(=O)NC1=O. The second-order valence-electron chi connectivity index (χ2n) is 5.68. The molecule has 2 rings (SSSR count). The second kappa shape index (κ2) is 7.31. The van der Waals surface area contributed by atoms with Gasteiger partial charge in [0.15, 0.2) is 5.92 Å². The van der Waals surface area contributed by atoms with Gasteiger partial charge in [0.2, 0.25) is 11.8 Å². The van der Waals surface area contributed by atoms with E-state index in [1.807, 2.05) is 0 Å². The van der Waals surface area contributed by atoms with Gasteiger partial charge in [-0.1, -0.05) is 0 Å². The van der Waals surface area contributed by atoms with E-state index in [0.717, 1.165) is 13.0 Å². The van der Waals surface area contributed by atoms with Crippen LogP contribution in [0.5, 0.6) is 0 Å². The van der Waals surface area contributed by atoms with E-state index in [1.54, 1.807) is 11.8 Å². The van der Waals surface area contributed by atoms with Crippen molar-refractivity contribution in [2.45, 2.75) is 32.6 Å². The van der Waals surface area contributed by atoms with Gasteiger partial charge < -0.3 is 4.90 Å². The molecule has 0 spiro atoms. The Morgan fingerprint density at radius 2 is 1.76 bits per heavy atom. The maximum atomic E-state index is 11.7. The molecule has 2 heterocycles. The number of urea groups is 1. The van der Waals surface area contributed by atoms with E-state index in [9.17, 15) is 14.4 Å². The van der Waals surface area contributed by atoms with Gasteiger partial charge >= 0.3 is 6.03 Å². The van der Waals surface area contributed by atoms with Crippen molar-refractivity contribution < 1.29 is 19.3 Å². The van der Waals surface area contributed by atoms with Crippen LogP contribution in [0.1, 0.15) is 32.6 Å². The molecule has 21 heavy (non-hydrogen) atoms. The molecule has 0 saturated carbocycles. The van der Waals surface area contributed by atoms with E-state index in [1.165, 1.54) is 32.4 Å². The molecule has 0 atom stereocenters. The number of hydrogen-bond donors (Lipinski definition) is 3. The van der Waals surface area contributed by atoms with Gasteiger partial charge in [0, 0.05) is 18.7 Å². The predicted octanol–water partition coefficient (Wildman–Crippen LogP) is -1.11. The average Bonchev–Trinajstić information content (AvgIpc) is 2.43. The molecule has 7 heteroatoms. The molecule has 3 N–H and O–H groups in total. The maximum Gasteiger partial charge on any atom is 0.328 e. The zero-order chi connectivity index (χ0) is 15.2. The largest absolute Gasteiger partial charge is 0.335 e. The third-order valence-electron chi connectivity index (χ3n) is 4.03. The van der Waals surface area contributed by atoms with Crippen LogP contribution in [0.4, 0.5) is 4.79 Å². The zero-order valence-electron chi connectivity index (χ0n) is 12.4. The lowest BCUT2D eigenvalue weighted by molar-refractivity contribution is -0.904. The fourth-order valence-electron chi connectivity index (χ4n) is 2.88. The predicted molar refractivity (Wildman–Crippen MR) is 77.2 cm³/mol. The number of rotatable bonds is 5. The van der Waals surface area contributed by atoms with Crippen molar-refractivity contribution in [3.8, 4) is 0 Å². The highest BCUT2D eigenvalue weighted by atomic mass is 16.2. The monoisotopic (exact) mass is 295 g/mol. The molecule has 2 saturated heterocycles. The number of barbiturate groups is 1. The van der Waals surface area contributed by atoms with Crippen LogP contribution in [-0.2, 0) is 9.59 Å². The van der Waals surface area contributed by atoms with Crippen LogP contribution >= 0.6 is 0 Å². The minimum Gasteiger partial charge on any atom is -0.335 e. The van der Waals surface area contributed by atoms with Gasteiger partial charge in [-0.15, -0.1) is 0 Å². The summed E-state index contributed by atoms with van der Waals surface area (Å²) in [4.78, 5) is 40.2. The van der Waals surface area contributed by atoms with Crippen LogP contribution in [0.3, 0.4) is 0 Å². The summed E-state index contributed by atoms with van der Waals surface area (Å²) < 4.78 is 0. The van der Waals surface area contributed by atoms with Gasteiger partial charge in [0.1, 0.15) is 0 Å². The molecule has 2 fully saturated rings. The van der Waals surface area contributed by atoms with Crippen LogP contribution in [0.2, 0.25) is 0 Å². The van der Waals surface area contributed by atoms with E-state index < -0.39 is 23.8 Å². The third-order valence-corrected chi connectivity index (χ3v) is 4.03. The van der Waals surface area contributed by atoms with Crippen LogP contribution in [0.15, 0.2) is 4.99 Å². The molecule has 7 nitrogen and oxygen atoms in total. The fourth-order valence-corrected chi connectivity index (χ4v) is 2.88. The van der Waals surface area contributed by atoms with Gasteiger partial charge in [0.05, 0.1) is 19.6 Å². The number of piperidine rings is 1. The van der Waals surface area contributed by atoms with Crippen molar-refractivity contribution in [3.05, 3.63) is 0 Å². The Hall–Kier alpha value is -1.76. The fraction of sp³-hybridized carbons (Fsp3) is 0.714. The molecule has 0 aromatic rings. The topological polar surface area (TPSA) is 92.1 Å². The Morgan fingerprint density at radius 3 is 2.38 bits per heavy atom. The van der Waals surface area contributed by atoms with Gasteiger partial charge in [-0.25, -0.2) is 4.79 Å². The average molecular weight is 295 g/mol. The number of aliphatic imine (C=N–C) groups is 1. The van der Waals surface area contributed by atoms with Crippen LogP contribution < -0.4 is 15.5 Å². The number of carbonyl (C=O) groups excluding carboxylic acids is 3. The first kappa shape index (κ1) is 15.6. The third kappa shape index (κ3) is 4.35. The second-order valence-corrected chi connectivity index (χ2v) is 5.68. The Morgan fingerprint density at radius 1 is 1.14 bits per heavy atom. The smallest absolute Gasteiger partial charge is 0.328 e. The van der Waals surface area contributed by atoms with Crippen LogP contribution in [-0.4, -0.2) is 49.7 Å². The van der Waals surface area contributed by atoms with E-state index in [4.69, 9.17) is 0 Å². The number of amides is 4. The summed E-state index contributed by atoms with van der Waals surface area (Å²) in [5, 5.41) is 4.18. The maximum absolute atomic E-state index is 11.7. The summed E-state index contributed by atoms with van der Waals surface area (Å²) >= 11 is 0. The summed E-state index contributed by atoms with van der Waals surface area (Å²) in [6.45, 7) is 5.82. The van der Waals surface area contributed by atoms with Crippen LogP contribution in [0.25, 0.3) is 0 Å². The van der Waals surface area contributed by atoms with Gasteiger partial charge in [-0.2, -0.15) is 0 Å². The number of quaternary nitrogens is 1. The lowest BCUT2D eigenvalue weighted by atomic mass is 10.0. The van der Waals surface area contributed by atoms with Crippen molar-refractivity contribution in [2.75, 3.05) is 26.2 Å². The summed E-state index contributed by atoms with van der Waals surface area (Å²) in [6.07, 6.45) is 4.88. The molecule has 2 aliphatic heterocycles. The van der Waals surface area contributed by atoms with Gasteiger partial charge in [-0.05, 0) is 26.2 Å². The van der Waals surface area contributed by atoms with Crippen molar-refractivity contribution in [1.29, 1.82) is 0 Å². The number of carbonyl (C=O) groups is 3. The molecule has 0 bridgehead atoms. The number of likely N-dealkylation sites (tertiary alicyclic amines) is 1. The minimum atomic E-state index is -0.981. The number of imide groups is 2. The molecule has 2 aliphatic rings. The molecule has 0 aliphatic carbocycles. The Kier molecular flexibility index (Phi) is 5.44. The molecule has 0 aromatic carbocycles. The normalized spacial score (nSPS) is 22.1. The molecular formula is C14H23N4O3+. The minimum absolute atomic E-state index is 0.464. The highest BCUT2D eigenvalue weighted by Gasteiger charge is 2.36. The highest BCUT2D eigenvalue weighted by molar-refractivity contribution is 6.27. The lowest BCUT2D eigenvalue weighted by Crippen LogP contribution is -3.12. The Labute approximate surface area is 124 Å². The molecule has 0 unspecified atom stereocenters. The number of nitrogens with one attached hydrogen (secondary N) is 3. The summed E-state index contributed by atoms with van der Waals surface area (Å²) in [7, 11) is 0. The zero-order valence-corrected chi connectivity index (χ0v) is 12.4. The van der Waals surface area contributed by atoms with E-state index in [2.05, 4.69) is 15.6 Å². The molecule has 116 valence electrons. The summed E-state index contributed by atoms with van der Waals surface area (Å²) in [5.74, 6) is -2.16. The standard InChI is InChI=1S/C14H22N4O3/c1-10(11-12(19)16-14(21)17-13(11)20)15-6-5-9-18-7-3-2-4-8-18/h11H,2-9H2,1H3,(H2,16,17,19,20,21)/p+1. The van der Waals surface area contributed by atoms with Crippen molar-refractivity contribution in [1.82, 2.24) is 10.6 Å². The first-order valence-electron chi connectivity index (χ1n) is 7.58. The van der Waals surface area contributed by atoms with Gasteiger partial charge in [-0.3, -0.25) is 25.2 Å². The lowest BCUT2D eigenvalue weighted by Gasteiger charge is -2.23. The first-order chi connectivity index (χ1) is 10.1. The Bertz CT molecular complexity index is 435. The van der Waals surface area contributed by atoms with Crippen molar-refractivity contribution >= 4 is 23.6 Å². The summed E-state index contributed by atoms with van der Waals surface area (Å²) in [6, 6.07) is -0.761.